The molecule has 0 unspecified atom stereocenters. The van der Waals surface area contributed by atoms with Gasteiger partial charge in [0.15, 0.2) is 0 Å². The van der Waals surface area contributed by atoms with E-state index in [9.17, 15) is 18.0 Å². The van der Waals surface area contributed by atoms with Crippen LogP contribution in [0.15, 0.2) is 48.5 Å². The molecule has 8 nitrogen and oxygen atoms in total. The first-order valence-electron chi connectivity index (χ1n) is 10.9. The summed E-state index contributed by atoms with van der Waals surface area (Å²) in [6.07, 6.45) is 1.53. The third-order valence-electron chi connectivity index (χ3n) is 5.18. The van der Waals surface area contributed by atoms with Crippen molar-refractivity contribution >= 4 is 39.1 Å². The molecule has 0 fully saturated rings. The molecule has 10 heteroatoms. The fourth-order valence-corrected chi connectivity index (χ4v) is 4.49. The maximum Gasteiger partial charge on any atom is 0.244 e. The van der Waals surface area contributed by atoms with E-state index in [2.05, 4.69) is 5.32 Å². The molecule has 0 saturated carbocycles. The number of sulfonamides is 1. The van der Waals surface area contributed by atoms with Crippen LogP contribution in [0.2, 0.25) is 5.02 Å². The number of benzene rings is 2. The van der Waals surface area contributed by atoms with Crippen molar-refractivity contribution in [1.29, 1.82) is 0 Å². The fraction of sp³-hybridized carbons (Fsp3) is 0.417. The molecular weight excluding hydrogens is 478 g/mol. The van der Waals surface area contributed by atoms with Crippen LogP contribution in [0, 0.1) is 0 Å². The van der Waals surface area contributed by atoms with Crippen LogP contribution in [0.25, 0.3) is 0 Å². The topological polar surface area (TPSA) is 96.0 Å². The summed E-state index contributed by atoms with van der Waals surface area (Å²) in [7, 11) is -2.38. The second kappa shape index (κ2) is 12.1. The van der Waals surface area contributed by atoms with E-state index in [1.807, 2.05) is 44.2 Å². The molecule has 0 aromatic heterocycles. The maximum absolute atomic E-state index is 13.4. The lowest BCUT2D eigenvalue weighted by molar-refractivity contribution is -0.139. The smallest absolute Gasteiger partial charge is 0.244 e. The van der Waals surface area contributed by atoms with E-state index in [1.165, 1.54) is 30.2 Å². The van der Waals surface area contributed by atoms with Crippen LogP contribution >= 0.6 is 11.6 Å². The summed E-state index contributed by atoms with van der Waals surface area (Å²) in [5.41, 5.74) is 1.22. The number of hydrogen-bond donors (Lipinski definition) is 1. The zero-order valence-corrected chi connectivity index (χ0v) is 21.7. The van der Waals surface area contributed by atoms with Gasteiger partial charge in [-0.15, -0.1) is 0 Å². The summed E-state index contributed by atoms with van der Waals surface area (Å²) in [6, 6.07) is 13.1. The Balaban J connectivity index is 2.34. The molecule has 0 heterocycles. The van der Waals surface area contributed by atoms with Gasteiger partial charge in [0.25, 0.3) is 0 Å². The maximum atomic E-state index is 13.4. The number of amides is 2. The van der Waals surface area contributed by atoms with Crippen LogP contribution in [-0.4, -0.2) is 63.7 Å². The van der Waals surface area contributed by atoms with Gasteiger partial charge in [-0.3, -0.25) is 13.9 Å². The molecular formula is C24H32ClN3O5S. The van der Waals surface area contributed by atoms with Crippen LogP contribution in [0.1, 0.15) is 26.3 Å². The molecule has 2 rings (SSSR count). The van der Waals surface area contributed by atoms with Gasteiger partial charge in [0.05, 0.1) is 24.1 Å². The van der Waals surface area contributed by atoms with Gasteiger partial charge in [0.1, 0.15) is 18.3 Å². The van der Waals surface area contributed by atoms with Gasteiger partial charge in [0.2, 0.25) is 21.8 Å². The molecule has 1 N–H and O–H groups in total. The number of ether oxygens (including phenoxy) is 1. The summed E-state index contributed by atoms with van der Waals surface area (Å²) in [4.78, 5) is 27.5. The van der Waals surface area contributed by atoms with E-state index in [1.54, 1.807) is 6.92 Å². The minimum Gasteiger partial charge on any atom is -0.495 e. The second-order valence-corrected chi connectivity index (χ2v) is 10.6. The zero-order chi connectivity index (χ0) is 25.5. The molecule has 0 aliphatic carbocycles. The molecule has 0 spiro atoms. The molecule has 0 saturated heterocycles. The standard InChI is InChI=1S/C24H32ClN3O5S/c1-17(2)26-24(30)18(3)27(14-13-19-9-7-6-8-10-19)23(29)16-28(34(5,31)32)20-11-12-22(33-4)21(25)15-20/h6-12,15,17-18H,13-14,16H2,1-5H3,(H,26,30)/t18-/m0/s1. The lowest BCUT2D eigenvalue weighted by Gasteiger charge is -2.32. The van der Waals surface area contributed by atoms with Crippen molar-refractivity contribution in [3.05, 3.63) is 59.1 Å². The molecule has 186 valence electrons. The van der Waals surface area contributed by atoms with Crippen molar-refractivity contribution in [2.75, 3.05) is 30.8 Å². The zero-order valence-electron chi connectivity index (χ0n) is 20.1. The van der Waals surface area contributed by atoms with Gasteiger partial charge < -0.3 is 15.0 Å². The first kappa shape index (κ1) is 27.5. The van der Waals surface area contributed by atoms with Gasteiger partial charge in [-0.05, 0) is 51.0 Å². The number of rotatable bonds is 11. The minimum absolute atomic E-state index is 0.102. The van der Waals surface area contributed by atoms with Crippen LogP contribution in [0.3, 0.4) is 0 Å². The molecule has 2 amide bonds. The molecule has 2 aromatic carbocycles. The number of nitrogens with zero attached hydrogens (tertiary/aromatic N) is 2. The van der Waals surface area contributed by atoms with Crippen molar-refractivity contribution in [3.63, 3.8) is 0 Å². The summed E-state index contributed by atoms with van der Waals surface area (Å²) < 4.78 is 31.3. The van der Waals surface area contributed by atoms with Crippen LogP contribution in [-0.2, 0) is 26.0 Å². The minimum atomic E-state index is -3.83. The average Bonchev–Trinajstić information content (AvgIpc) is 2.76. The average molecular weight is 510 g/mol. The fourth-order valence-electron chi connectivity index (χ4n) is 3.40. The summed E-state index contributed by atoms with van der Waals surface area (Å²) in [5, 5.41) is 3.03. The van der Waals surface area contributed by atoms with E-state index in [4.69, 9.17) is 16.3 Å². The SMILES string of the molecule is COc1ccc(N(CC(=O)N(CCc2ccccc2)[C@@H](C)C(=O)NC(C)C)S(C)(=O)=O)cc1Cl. The van der Waals surface area contributed by atoms with Gasteiger partial charge >= 0.3 is 0 Å². The summed E-state index contributed by atoms with van der Waals surface area (Å²) in [6.45, 7) is 5.07. The van der Waals surface area contributed by atoms with E-state index in [0.29, 0.717) is 12.2 Å². The number of halogens is 1. The normalized spacial score (nSPS) is 12.2. The quantitative estimate of drug-likeness (QED) is 0.502. The number of anilines is 1. The highest BCUT2D eigenvalue weighted by Gasteiger charge is 2.30. The van der Waals surface area contributed by atoms with Gasteiger partial charge in [-0.1, -0.05) is 41.9 Å². The van der Waals surface area contributed by atoms with Crippen LogP contribution < -0.4 is 14.4 Å². The first-order valence-corrected chi connectivity index (χ1v) is 13.1. The summed E-state index contributed by atoms with van der Waals surface area (Å²) >= 11 is 6.19. The largest absolute Gasteiger partial charge is 0.495 e. The number of carbonyl (C=O) groups excluding carboxylic acids is 2. The highest BCUT2D eigenvalue weighted by molar-refractivity contribution is 7.92. The number of hydrogen-bond acceptors (Lipinski definition) is 5. The van der Waals surface area contributed by atoms with E-state index >= 15 is 0 Å². The lowest BCUT2D eigenvalue weighted by atomic mass is 10.1. The Labute approximate surface area is 206 Å². The molecule has 0 aliphatic rings. The highest BCUT2D eigenvalue weighted by atomic mass is 35.5. The Morgan fingerprint density at radius 3 is 2.26 bits per heavy atom. The van der Waals surface area contributed by atoms with Gasteiger partial charge in [0, 0.05) is 12.6 Å². The van der Waals surface area contributed by atoms with Crippen molar-refractivity contribution in [2.24, 2.45) is 0 Å². The predicted octanol–water partition coefficient (Wildman–Crippen LogP) is 3.10. The van der Waals surface area contributed by atoms with Crippen molar-refractivity contribution in [2.45, 2.75) is 39.3 Å². The van der Waals surface area contributed by atoms with Gasteiger partial charge in [-0.25, -0.2) is 8.42 Å². The molecule has 34 heavy (non-hydrogen) atoms. The Kier molecular flexibility index (Phi) is 9.76. The van der Waals surface area contributed by atoms with Gasteiger partial charge in [-0.2, -0.15) is 0 Å². The first-order chi connectivity index (χ1) is 15.9. The number of methoxy groups -OCH3 is 1. The van der Waals surface area contributed by atoms with E-state index in [-0.39, 0.29) is 29.2 Å². The van der Waals surface area contributed by atoms with Crippen LogP contribution in [0.5, 0.6) is 5.75 Å². The van der Waals surface area contributed by atoms with Crippen molar-refractivity contribution in [1.82, 2.24) is 10.2 Å². The summed E-state index contributed by atoms with van der Waals surface area (Å²) in [5.74, 6) is -0.428. The Hall–Kier alpha value is -2.78. The predicted molar refractivity (Wildman–Crippen MR) is 135 cm³/mol. The van der Waals surface area contributed by atoms with E-state index in [0.717, 1.165) is 16.1 Å². The number of nitrogens with one attached hydrogen (secondary N) is 1. The Bertz CT molecular complexity index is 1090. The second-order valence-electron chi connectivity index (χ2n) is 8.25. The lowest BCUT2D eigenvalue weighted by Crippen LogP contribution is -2.53. The third-order valence-corrected chi connectivity index (χ3v) is 6.62. The Morgan fingerprint density at radius 2 is 1.74 bits per heavy atom. The molecule has 0 aliphatic heterocycles. The molecule has 0 bridgehead atoms. The van der Waals surface area contributed by atoms with E-state index < -0.39 is 28.5 Å². The van der Waals surface area contributed by atoms with Crippen molar-refractivity contribution < 1.29 is 22.7 Å². The molecule has 0 radical (unpaired) electrons. The molecule has 2 aromatic rings. The number of carbonyl (C=O) groups is 2. The highest BCUT2D eigenvalue weighted by Crippen LogP contribution is 2.30. The third kappa shape index (κ3) is 7.63. The monoisotopic (exact) mass is 509 g/mol. The molecule has 1 atom stereocenters. The van der Waals surface area contributed by atoms with Crippen molar-refractivity contribution in [3.8, 4) is 5.75 Å². The Morgan fingerprint density at radius 1 is 1.09 bits per heavy atom. The van der Waals surface area contributed by atoms with Crippen LogP contribution in [0.4, 0.5) is 5.69 Å².